The number of ether oxygens (including phenoxy) is 3. The van der Waals surface area contributed by atoms with E-state index in [2.05, 4.69) is 11.0 Å². The van der Waals surface area contributed by atoms with E-state index in [1.54, 1.807) is 4.90 Å². The second kappa shape index (κ2) is 6.89. The standard InChI is InChI=1S/C18H26N2O4/c1-18(2,3)24-17(21)20-9-12-23-16-14(13-20)5-4-6-15(16)19-7-10-22-11-8-19/h4-6H,7-13H2,1-3H3. The van der Waals surface area contributed by atoms with Gasteiger partial charge in [0.25, 0.3) is 0 Å². The zero-order chi connectivity index (χ0) is 17.2. The first kappa shape index (κ1) is 16.9. The van der Waals surface area contributed by atoms with Crippen LogP contribution in [0.5, 0.6) is 5.75 Å². The van der Waals surface area contributed by atoms with Crippen molar-refractivity contribution in [2.24, 2.45) is 0 Å². The van der Waals surface area contributed by atoms with Crippen LogP contribution < -0.4 is 9.64 Å². The molecule has 2 aliphatic rings. The van der Waals surface area contributed by atoms with Gasteiger partial charge in [0.05, 0.1) is 32.0 Å². The first-order valence-corrected chi connectivity index (χ1v) is 8.49. The Morgan fingerprint density at radius 2 is 1.88 bits per heavy atom. The summed E-state index contributed by atoms with van der Waals surface area (Å²) in [4.78, 5) is 16.4. The number of morpholine rings is 1. The van der Waals surface area contributed by atoms with Gasteiger partial charge in [0.15, 0.2) is 0 Å². The van der Waals surface area contributed by atoms with Gasteiger partial charge in [-0.1, -0.05) is 12.1 Å². The summed E-state index contributed by atoms with van der Waals surface area (Å²) in [5.41, 5.74) is 1.60. The van der Waals surface area contributed by atoms with Crippen LogP contribution in [-0.2, 0) is 16.0 Å². The van der Waals surface area contributed by atoms with Gasteiger partial charge in [-0.3, -0.25) is 0 Å². The van der Waals surface area contributed by atoms with Crippen LogP contribution in [0.2, 0.25) is 0 Å². The van der Waals surface area contributed by atoms with Gasteiger partial charge < -0.3 is 24.0 Å². The number of anilines is 1. The maximum absolute atomic E-state index is 12.4. The zero-order valence-electron chi connectivity index (χ0n) is 14.7. The van der Waals surface area contributed by atoms with Crippen LogP contribution in [0, 0.1) is 0 Å². The zero-order valence-corrected chi connectivity index (χ0v) is 14.7. The molecule has 1 saturated heterocycles. The minimum atomic E-state index is -0.497. The summed E-state index contributed by atoms with van der Waals surface area (Å²) < 4.78 is 16.9. The van der Waals surface area contributed by atoms with Crippen molar-refractivity contribution in [2.45, 2.75) is 32.9 Å². The van der Waals surface area contributed by atoms with E-state index in [1.807, 2.05) is 32.9 Å². The van der Waals surface area contributed by atoms with Crippen LogP contribution >= 0.6 is 0 Å². The molecule has 0 radical (unpaired) electrons. The third kappa shape index (κ3) is 3.93. The second-order valence-electron chi connectivity index (χ2n) is 7.12. The molecule has 132 valence electrons. The van der Waals surface area contributed by atoms with Gasteiger partial charge in [-0.05, 0) is 26.8 Å². The highest BCUT2D eigenvalue weighted by molar-refractivity contribution is 5.69. The number of fused-ring (bicyclic) bond motifs is 1. The van der Waals surface area contributed by atoms with Crippen molar-refractivity contribution in [1.29, 1.82) is 0 Å². The number of hydrogen-bond donors (Lipinski definition) is 0. The van der Waals surface area contributed by atoms with E-state index in [9.17, 15) is 4.79 Å². The topological polar surface area (TPSA) is 51.2 Å². The maximum Gasteiger partial charge on any atom is 0.410 e. The highest BCUT2D eigenvalue weighted by atomic mass is 16.6. The molecule has 0 bridgehead atoms. The summed E-state index contributed by atoms with van der Waals surface area (Å²) in [5, 5.41) is 0. The molecule has 1 aromatic carbocycles. The Kier molecular flexibility index (Phi) is 4.85. The summed E-state index contributed by atoms with van der Waals surface area (Å²) in [7, 11) is 0. The fourth-order valence-corrected chi connectivity index (χ4v) is 2.94. The lowest BCUT2D eigenvalue weighted by Gasteiger charge is -2.30. The molecule has 0 N–H and O–H groups in total. The Bertz CT molecular complexity index is 591. The molecule has 0 unspecified atom stereocenters. The normalized spacial score (nSPS) is 18.5. The molecule has 0 aliphatic carbocycles. The summed E-state index contributed by atoms with van der Waals surface area (Å²) in [6.07, 6.45) is -0.296. The first-order valence-electron chi connectivity index (χ1n) is 8.49. The molecule has 6 heteroatoms. The largest absolute Gasteiger partial charge is 0.489 e. The fourth-order valence-electron chi connectivity index (χ4n) is 2.94. The van der Waals surface area contributed by atoms with Crippen LogP contribution in [0.3, 0.4) is 0 Å². The molecule has 0 spiro atoms. The summed E-state index contributed by atoms with van der Waals surface area (Å²) >= 11 is 0. The molecule has 0 saturated carbocycles. The lowest BCUT2D eigenvalue weighted by Crippen LogP contribution is -2.37. The number of amides is 1. The smallest absolute Gasteiger partial charge is 0.410 e. The summed E-state index contributed by atoms with van der Waals surface area (Å²) in [6.45, 7) is 10.3. The van der Waals surface area contributed by atoms with Crippen LogP contribution in [0.1, 0.15) is 26.3 Å². The molecule has 2 aliphatic heterocycles. The lowest BCUT2D eigenvalue weighted by atomic mass is 10.1. The lowest BCUT2D eigenvalue weighted by molar-refractivity contribution is 0.0225. The number of benzene rings is 1. The average Bonchev–Trinajstić information content (AvgIpc) is 2.76. The van der Waals surface area contributed by atoms with Gasteiger partial charge in [0.2, 0.25) is 0 Å². The van der Waals surface area contributed by atoms with Crippen molar-refractivity contribution in [3.8, 4) is 5.75 Å². The van der Waals surface area contributed by atoms with E-state index in [1.165, 1.54) is 0 Å². The molecule has 24 heavy (non-hydrogen) atoms. The Morgan fingerprint density at radius 1 is 1.12 bits per heavy atom. The molecule has 0 atom stereocenters. The van der Waals surface area contributed by atoms with Crippen molar-refractivity contribution >= 4 is 11.8 Å². The predicted molar refractivity (Wildman–Crippen MR) is 91.6 cm³/mol. The van der Waals surface area contributed by atoms with Crippen LogP contribution in [0.25, 0.3) is 0 Å². The van der Waals surface area contributed by atoms with Crippen molar-refractivity contribution in [3.63, 3.8) is 0 Å². The SMILES string of the molecule is CC(C)(C)OC(=O)N1CCOc2c(cccc2N2CCOCC2)C1. The van der Waals surface area contributed by atoms with Gasteiger partial charge >= 0.3 is 6.09 Å². The van der Waals surface area contributed by atoms with Gasteiger partial charge in [0, 0.05) is 18.7 Å². The van der Waals surface area contributed by atoms with Crippen molar-refractivity contribution < 1.29 is 19.0 Å². The fraction of sp³-hybridized carbons (Fsp3) is 0.611. The highest BCUT2D eigenvalue weighted by Gasteiger charge is 2.27. The van der Waals surface area contributed by atoms with E-state index in [-0.39, 0.29) is 6.09 Å². The summed E-state index contributed by atoms with van der Waals surface area (Å²) in [5.74, 6) is 0.880. The van der Waals surface area contributed by atoms with E-state index in [0.717, 1.165) is 43.3 Å². The molecular weight excluding hydrogens is 308 g/mol. The molecule has 1 fully saturated rings. The molecule has 2 heterocycles. The molecule has 1 aromatic rings. The Labute approximate surface area is 143 Å². The summed E-state index contributed by atoms with van der Waals surface area (Å²) in [6, 6.07) is 6.11. The Hall–Kier alpha value is -1.95. The maximum atomic E-state index is 12.4. The van der Waals surface area contributed by atoms with Gasteiger partial charge in [-0.25, -0.2) is 4.79 Å². The van der Waals surface area contributed by atoms with Crippen molar-refractivity contribution in [3.05, 3.63) is 23.8 Å². The average molecular weight is 334 g/mol. The molecule has 3 rings (SSSR count). The van der Waals surface area contributed by atoms with Crippen molar-refractivity contribution in [1.82, 2.24) is 4.90 Å². The van der Waals surface area contributed by atoms with Crippen LogP contribution in [0.15, 0.2) is 18.2 Å². The Morgan fingerprint density at radius 3 is 2.58 bits per heavy atom. The van der Waals surface area contributed by atoms with Crippen LogP contribution in [-0.4, -0.2) is 56.0 Å². The molecular formula is C18H26N2O4. The van der Waals surface area contributed by atoms with E-state index >= 15 is 0 Å². The molecule has 1 amide bonds. The number of carbonyl (C=O) groups is 1. The van der Waals surface area contributed by atoms with Crippen LogP contribution in [0.4, 0.5) is 10.5 Å². The van der Waals surface area contributed by atoms with E-state index in [4.69, 9.17) is 14.2 Å². The van der Waals surface area contributed by atoms with E-state index in [0.29, 0.717) is 19.7 Å². The number of rotatable bonds is 1. The Balaban J connectivity index is 1.80. The molecule has 0 aromatic heterocycles. The van der Waals surface area contributed by atoms with E-state index < -0.39 is 5.60 Å². The number of para-hydroxylation sites is 1. The first-order chi connectivity index (χ1) is 11.4. The minimum absolute atomic E-state index is 0.296. The predicted octanol–water partition coefficient (Wildman–Crippen LogP) is 2.65. The second-order valence-corrected chi connectivity index (χ2v) is 7.12. The molecule has 6 nitrogen and oxygen atoms in total. The van der Waals surface area contributed by atoms with Crippen molar-refractivity contribution in [2.75, 3.05) is 44.4 Å². The third-order valence-electron chi connectivity index (χ3n) is 4.05. The number of carbonyl (C=O) groups excluding carboxylic acids is 1. The minimum Gasteiger partial charge on any atom is -0.489 e. The number of nitrogens with zero attached hydrogens (tertiary/aromatic N) is 2. The number of hydrogen-bond acceptors (Lipinski definition) is 5. The highest BCUT2D eigenvalue weighted by Crippen LogP contribution is 2.35. The van der Waals surface area contributed by atoms with Gasteiger partial charge in [-0.15, -0.1) is 0 Å². The van der Waals surface area contributed by atoms with Gasteiger partial charge in [0.1, 0.15) is 18.0 Å². The quantitative estimate of drug-likeness (QED) is 0.790. The third-order valence-corrected chi connectivity index (χ3v) is 4.05. The van der Waals surface area contributed by atoms with Gasteiger partial charge in [-0.2, -0.15) is 0 Å². The monoisotopic (exact) mass is 334 g/mol.